The largest absolute Gasteiger partial charge is 0.454 e. The number of carbonyl (C=O) groups is 2. The molecule has 0 spiro atoms. The highest BCUT2D eigenvalue weighted by Gasteiger charge is 2.46. The molecular formula is C23H21F3N2O4. The first-order valence-corrected chi connectivity index (χ1v) is 10.5. The summed E-state index contributed by atoms with van der Waals surface area (Å²) in [4.78, 5) is 28.8. The average Bonchev–Trinajstić information content (AvgIpc) is 3.46. The van der Waals surface area contributed by atoms with E-state index in [1.54, 1.807) is 4.90 Å². The second kappa shape index (κ2) is 7.72. The number of rotatable bonds is 3. The van der Waals surface area contributed by atoms with Gasteiger partial charge in [0.15, 0.2) is 11.5 Å². The van der Waals surface area contributed by atoms with Gasteiger partial charge >= 0.3 is 6.18 Å². The topological polar surface area (TPSA) is 59.1 Å². The Hall–Kier alpha value is -3.23. The molecule has 32 heavy (non-hydrogen) atoms. The maximum absolute atomic E-state index is 12.9. The van der Waals surface area contributed by atoms with Crippen LogP contribution in [0.1, 0.15) is 33.8 Å². The number of carbonyl (C=O) groups excluding carboxylic acids is 2. The number of hydrogen-bond acceptors (Lipinski definition) is 4. The van der Waals surface area contributed by atoms with Crippen LogP contribution in [0, 0.1) is 5.92 Å². The third-order valence-corrected chi connectivity index (χ3v) is 6.25. The van der Waals surface area contributed by atoms with Crippen molar-refractivity contribution in [3.63, 3.8) is 0 Å². The van der Waals surface area contributed by atoms with Gasteiger partial charge in [0, 0.05) is 37.7 Å². The van der Waals surface area contributed by atoms with E-state index < -0.39 is 17.6 Å². The maximum atomic E-state index is 12.9. The Balaban J connectivity index is 1.17. The van der Waals surface area contributed by atoms with Crippen LogP contribution in [0.2, 0.25) is 0 Å². The van der Waals surface area contributed by atoms with Crippen molar-refractivity contribution in [2.24, 2.45) is 5.92 Å². The number of alkyl halides is 3. The number of benzene rings is 2. The molecule has 3 aliphatic rings. The Kier molecular flexibility index (Phi) is 4.98. The van der Waals surface area contributed by atoms with Gasteiger partial charge in [0.25, 0.3) is 5.91 Å². The fraction of sp³-hybridized carbons (Fsp3) is 0.391. The fourth-order valence-electron chi connectivity index (χ4n) is 4.36. The highest BCUT2D eigenvalue weighted by atomic mass is 19.4. The van der Waals surface area contributed by atoms with Crippen LogP contribution in [0.15, 0.2) is 42.5 Å². The van der Waals surface area contributed by atoms with E-state index in [0.717, 1.165) is 24.1 Å². The molecule has 0 aromatic heterocycles. The number of fused-ring (bicyclic) bond motifs is 1. The third kappa shape index (κ3) is 3.87. The molecule has 2 aliphatic heterocycles. The minimum Gasteiger partial charge on any atom is -0.454 e. The highest BCUT2D eigenvalue weighted by Crippen LogP contribution is 2.50. The Morgan fingerprint density at radius 3 is 2.38 bits per heavy atom. The van der Waals surface area contributed by atoms with E-state index in [9.17, 15) is 22.8 Å². The molecule has 1 saturated carbocycles. The van der Waals surface area contributed by atoms with Gasteiger partial charge in [-0.2, -0.15) is 13.2 Å². The third-order valence-electron chi connectivity index (χ3n) is 6.25. The van der Waals surface area contributed by atoms with Crippen molar-refractivity contribution in [1.82, 2.24) is 9.80 Å². The van der Waals surface area contributed by atoms with E-state index in [1.807, 2.05) is 18.2 Å². The maximum Gasteiger partial charge on any atom is 0.416 e. The second-order valence-corrected chi connectivity index (χ2v) is 8.26. The lowest BCUT2D eigenvalue weighted by Gasteiger charge is -2.35. The number of hydrogen-bond donors (Lipinski definition) is 0. The van der Waals surface area contributed by atoms with Gasteiger partial charge in [0.05, 0.1) is 5.56 Å². The van der Waals surface area contributed by atoms with Gasteiger partial charge in [-0.25, -0.2) is 0 Å². The van der Waals surface area contributed by atoms with Gasteiger partial charge in [-0.05, 0) is 48.2 Å². The molecule has 2 unspecified atom stereocenters. The molecule has 0 bridgehead atoms. The number of nitrogens with zero attached hydrogens (tertiary/aromatic N) is 2. The van der Waals surface area contributed by atoms with E-state index in [2.05, 4.69) is 0 Å². The van der Waals surface area contributed by atoms with Gasteiger partial charge < -0.3 is 19.3 Å². The van der Waals surface area contributed by atoms with E-state index >= 15 is 0 Å². The molecule has 2 heterocycles. The number of halogens is 3. The van der Waals surface area contributed by atoms with Gasteiger partial charge in [0.2, 0.25) is 12.7 Å². The zero-order chi connectivity index (χ0) is 22.5. The van der Waals surface area contributed by atoms with Gasteiger partial charge in [-0.3, -0.25) is 9.59 Å². The Morgan fingerprint density at radius 2 is 1.62 bits per heavy atom. The fourth-order valence-corrected chi connectivity index (χ4v) is 4.36. The van der Waals surface area contributed by atoms with Crippen LogP contribution in [-0.4, -0.2) is 54.6 Å². The van der Waals surface area contributed by atoms with Crippen molar-refractivity contribution in [2.45, 2.75) is 18.5 Å². The summed E-state index contributed by atoms with van der Waals surface area (Å²) in [7, 11) is 0. The monoisotopic (exact) mass is 446 g/mol. The first-order valence-electron chi connectivity index (χ1n) is 10.5. The molecule has 6 nitrogen and oxygen atoms in total. The molecule has 9 heteroatoms. The van der Waals surface area contributed by atoms with Crippen LogP contribution in [0.4, 0.5) is 13.2 Å². The summed E-state index contributed by atoms with van der Waals surface area (Å²) in [5.41, 5.74) is 0.205. The van der Waals surface area contributed by atoms with Crippen molar-refractivity contribution in [3.05, 3.63) is 59.2 Å². The molecule has 2 atom stereocenters. The van der Waals surface area contributed by atoms with Gasteiger partial charge in [0.1, 0.15) is 0 Å². The predicted molar refractivity (Wildman–Crippen MR) is 107 cm³/mol. The van der Waals surface area contributed by atoms with Crippen molar-refractivity contribution in [1.29, 1.82) is 0 Å². The molecule has 2 fully saturated rings. The Labute approximate surface area is 182 Å². The molecule has 5 rings (SSSR count). The smallest absolute Gasteiger partial charge is 0.416 e. The van der Waals surface area contributed by atoms with Crippen molar-refractivity contribution >= 4 is 11.8 Å². The average molecular weight is 446 g/mol. The van der Waals surface area contributed by atoms with Crippen LogP contribution in [0.5, 0.6) is 11.5 Å². The molecule has 2 amide bonds. The lowest BCUT2D eigenvalue weighted by molar-refractivity contribution is -0.137. The van der Waals surface area contributed by atoms with Gasteiger partial charge in [-0.1, -0.05) is 12.1 Å². The first kappa shape index (κ1) is 20.7. The van der Waals surface area contributed by atoms with Crippen LogP contribution in [0.25, 0.3) is 0 Å². The second-order valence-electron chi connectivity index (χ2n) is 8.26. The molecule has 0 N–H and O–H groups in total. The summed E-state index contributed by atoms with van der Waals surface area (Å²) in [6, 6.07) is 10.2. The zero-order valence-electron chi connectivity index (χ0n) is 17.1. The molecule has 168 valence electrons. The van der Waals surface area contributed by atoms with Crippen molar-refractivity contribution < 1.29 is 32.2 Å². The van der Waals surface area contributed by atoms with E-state index in [0.29, 0.717) is 37.7 Å². The van der Waals surface area contributed by atoms with E-state index in [-0.39, 0.29) is 30.1 Å². The van der Waals surface area contributed by atoms with Gasteiger partial charge in [-0.15, -0.1) is 0 Å². The van der Waals surface area contributed by atoms with Crippen LogP contribution in [0.3, 0.4) is 0 Å². The number of ether oxygens (including phenoxy) is 2. The summed E-state index contributed by atoms with van der Waals surface area (Å²) >= 11 is 0. The Morgan fingerprint density at radius 1 is 0.906 bits per heavy atom. The normalized spacial score (nSPS) is 22.1. The minimum atomic E-state index is -4.50. The highest BCUT2D eigenvalue weighted by molar-refractivity contribution is 5.94. The van der Waals surface area contributed by atoms with E-state index in [4.69, 9.17) is 9.47 Å². The molecule has 2 aromatic carbocycles. The van der Waals surface area contributed by atoms with E-state index in [1.165, 1.54) is 17.0 Å². The quantitative estimate of drug-likeness (QED) is 0.724. The number of piperazine rings is 1. The summed E-state index contributed by atoms with van der Waals surface area (Å²) < 4.78 is 49.5. The summed E-state index contributed by atoms with van der Waals surface area (Å²) in [5.74, 6) is 1.05. The summed E-state index contributed by atoms with van der Waals surface area (Å²) in [6.45, 7) is 1.53. The molecular weight excluding hydrogens is 425 g/mol. The Bertz CT molecular complexity index is 1060. The molecule has 2 aromatic rings. The molecule has 0 radical (unpaired) electrons. The van der Waals surface area contributed by atoms with Crippen LogP contribution in [-0.2, 0) is 11.0 Å². The zero-order valence-corrected chi connectivity index (χ0v) is 17.1. The SMILES string of the molecule is O=C(c1cccc(C(F)(F)F)c1)N1CCN(C(=O)C2CC2c2ccc3c(c2)OCO3)CC1. The van der Waals surface area contributed by atoms with Crippen LogP contribution < -0.4 is 9.47 Å². The number of amides is 2. The molecule has 1 saturated heterocycles. The lowest BCUT2D eigenvalue weighted by atomic mass is 10.1. The summed E-state index contributed by atoms with van der Waals surface area (Å²) in [5, 5.41) is 0. The standard InChI is InChI=1S/C23H21F3N2O4/c24-23(25,26)16-3-1-2-15(10-16)21(29)27-6-8-28(9-7-27)22(30)18-12-17(18)14-4-5-19-20(11-14)32-13-31-19/h1-5,10-11,17-18H,6-9,12-13H2. The van der Waals surface area contributed by atoms with Crippen molar-refractivity contribution in [2.75, 3.05) is 33.0 Å². The lowest BCUT2D eigenvalue weighted by Crippen LogP contribution is -2.51. The first-order chi connectivity index (χ1) is 15.3. The van der Waals surface area contributed by atoms with Crippen LogP contribution >= 0.6 is 0 Å². The van der Waals surface area contributed by atoms with Crippen molar-refractivity contribution in [3.8, 4) is 11.5 Å². The summed E-state index contributed by atoms with van der Waals surface area (Å²) in [6.07, 6.45) is -3.73. The molecule has 1 aliphatic carbocycles. The minimum absolute atomic E-state index is 0.00432. The predicted octanol–water partition coefficient (Wildman–Crippen LogP) is 3.52.